The van der Waals surface area contributed by atoms with E-state index in [1.165, 1.54) is 6.92 Å². The molecule has 0 saturated heterocycles. The molecule has 1 N–H and O–H groups in total. The summed E-state index contributed by atoms with van der Waals surface area (Å²) in [6.45, 7) is 5.87. The fourth-order valence-electron chi connectivity index (χ4n) is 2.65. The summed E-state index contributed by atoms with van der Waals surface area (Å²) in [4.78, 5) is 12.5. The van der Waals surface area contributed by atoms with Crippen molar-refractivity contribution >= 4 is 33.2 Å². The quantitative estimate of drug-likeness (QED) is 0.659. The third-order valence-corrected chi connectivity index (χ3v) is 5.84. The number of sulfonamides is 1. The van der Waals surface area contributed by atoms with Crippen LogP contribution in [0.5, 0.6) is 5.75 Å². The molecule has 1 atom stereocenters. The van der Waals surface area contributed by atoms with Gasteiger partial charge in [-0.15, -0.1) is 0 Å². The molecule has 152 valence electrons. The first-order valence-electron chi connectivity index (χ1n) is 8.82. The van der Waals surface area contributed by atoms with Crippen LogP contribution in [0.4, 0.5) is 5.69 Å². The molecule has 2 aromatic rings. The Bertz CT molecular complexity index is 930. The van der Waals surface area contributed by atoms with Gasteiger partial charge in [-0.3, -0.25) is 9.10 Å². The molecule has 0 aliphatic rings. The largest absolute Gasteiger partial charge is 0.492 e. The normalized spacial score (nSPS) is 12.3. The minimum Gasteiger partial charge on any atom is -0.492 e. The van der Waals surface area contributed by atoms with Gasteiger partial charge in [-0.2, -0.15) is 0 Å². The fraction of sp³-hybridized carbons (Fsp3) is 0.350. The Balaban J connectivity index is 2.01. The van der Waals surface area contributed by atoms with Crippen molar-refractivity contribution in [2.75, 3.05) is 23.7 Å². The van der Waals surface area contributed by atoms with Crippen molar-refractivity contribution < 1.29 is 17.9 Å². The number of aryl methyl sites for hydroxylation is 2. The van der Waals surface area contributed by atoms with Gasteiger partial charge < -0.3 is 10.1 Å². The zero-order valence-electron chi connectivity index (χ0n) is 16.4. The van der Waals surface area contributed by atoms with Gasteiger partial charge in [0, 0.05) is 5.02 Å². The predicted molar refractivity (Wildman–Crippen MR) is 113 cm³/mol. The number of nitrogens with one attached hydrogen (secondary N) is 1. The van der Waals surface area contributed by atoms with Crippen LogP contribution in [0.1, 0.15) is 18.1 Å². The highest BCUT2D eigenvalue weighted by Crippen LogP contribution is 2.26. The molecule has 6 nitrogen and oxygen atoms in total. The topological polar surface area (TPSA) is 75.7 Å². The maximum Gasteiger partial charge on any atom is 0.243 e. The summed E-state index contributed by atoms with van der Waals surface area (Å²) >= 11 is 6.12. The number of carbonyl (C=O) groups excluding carboxylic acids is 1. The Morgan fingerprint density at radius 1 is 1.18 bits per heavy atom. The van der Waals surface area contributed by atoms with E-state index in [4.69, 9.17) is 16.3 Å². The number of anilines is 1. The summed E-state index contributed by atoms with van der Waals surface area (Å²) in [6.07, 6.45) is 1.06. The minimum absolute atomic E-state index is 0.253. The summed E-state index contributed by atoms with van der Waals surface area (Å²) in [7, 11) is -3.69. The van der Waals surface area contributed by atoms with Crippen LogP contribution in [0.3, 0.4) is 0 Å². The number of nitrogens with zero attached hydrogens (tertiary/aromatic N) is 1. The Labute approximate surface area is 171 Å². The van der Waals surface area contributed by atoms with Gasteiger partial charge in [0.15, 0.2) is 0 Å². The summed E-state index contributed by atoms with van der Waals surface area (Å²) in [5.41, 5.74) is 2.30. The molecule has 2 aromatic carbocycles. The van der Waals surface area contributed by atoms with Crippen molar-refractivity contribution in [3.8, 4) is 5.75 Å². The summed E-state index contributed by atoms with van der Waals surface area (Å²) in [5, 5.41) is 3.14. The zero-order valence-corrected chi connectivity index (χ0v) is 18.0. The highest BCUT2D eigenvalue weighted by atomic mass is 35.5. The molecule has 1 amide bonds. The molecule has 0 bridgehead atoms. The molecule has 8 heteroatoms. The number of hydrogen-bond acceptors (Lipinski definition) is 4. The maximum atomic E-state index is 12.5. The van der Waals surface area contributed by atoms with E-state index in [9.17, 15) is 13.2 Å². The molecule has 0 spiro atoms. The molecule has 0 aliphatic heterocycles. The van der Waals surface area contributed by atoms with E-state index >= 15 is 0 Å². The molecular weight excluding hydrogens is 400 g/mol. The summed E-state index contributed by atoms with van der Waals surface area (Å²) in [5.74, 6) is 0.287. The van der Waals surface area contributed by atoms with Crippen LogP contribution in [0.25, 0.3) is 0 Å². The maximum absolute atomic E-state index is 12.5. The van der Waals surface area contributed by atoms with E-state index < -0.39 is 22.0 Å². The van der Waals surface area contributed by atoms with Crippen molar-refractivity contribution in [1.29, 1.82) is 0 Å². The molecular formula is C20H25ClN2O4S. The zero-order chi connectivity index (χ0) is 20.9. The highest BCUT2D eigenvalue weighted by molar-refractivity contribution is 7.92. The van der Waals surface area contributed by atoms with Crippen LogP contribution in [0.15, 0.2) is 42.5 Å². The van der Waals surface area contributed by atoms with Gasteiger partial charge in [-0.1, -0.05) is 35.4 Å². The lowest BCUT2D eigenvalue weighted by Crippen LogP contribution is -2.48. The molecule has 1 unspecified atom stereocenters. The molecule has 0 aliphatic carbocycles. The van der Waals surface area contributed by atoms with E-state index in [0.717, 1.165) is 21.7 Å². The highest BCUT2D eigenvalue weighted by Gasteiger charge is 2.29. The van der Waals surface area contributed by atoms with Gasteiger partial charge >= 0.3 is 0 Å². The van der Waals surface area contributed by atoms with Gasteiger partial charge in [0.2, 0.25) is 15.9 Å². The standard InChI is InChI=1S/C20H25ClN2O4S/c1-14-5-9-18(10-6-14)27-12-11-22-20(24)16(3)23(28(4,25)26)17-8-7-15(2)19(21)13-17/h5-10,13,16H,11-12H2,1-4H3,(H,22,24). The van der Waals surface area contributed by atoms with Crippen molar-refractivity contribution in [1.82, 2.24) is 5.32 Å². The lowest BCUT2D eigenvalue weighted by Gasteiger charge is -2.28. The van der Waals surface area contributed by atoms with Gasteiger partial charge in [0.25, 0.3) is 0 Å². The Morgan fingerprint density at radius 2 is 1.82 bits per heavy atom. The van der Waals surface area contributed by atoms with Crippen molar-refractivity contribution in [2.24, 2.45) is 0 Å². The number of carbonyl (C=O) groups is 1. The Kier molecular flexibility index (Phi) is 7.32. The minimum atomic E-state index is -3.69. The van der Waals surface area contributed by atoms with Crippen molar-refractivity contribution in [2.45, 2.75) is 26.8 Å². The summed E-state index contributed by atoms with van der Waals surface area (Å²) < 4.78 is 31.2. The third kappa shape index (κ3) is 5.87. The van der Waals surface area contributed by atoms with Crippen LogP contribution < -0.4 is 14.4 Å². The lowest BCUT2D eigenvalue weighted by molar-refractivity contribution is -0.121. The number of halogens is 1. The van der Waals surface area contributed by atoms with E-state index in [1.54, 1.807) is 18.2 Å². The average molecular weight is 425 g/mol. The predicted octanol–water partition coefficient (Wildman–Crippen LogP) is 3.31. The number of amides is 1. The van der Waals surface area contributed by atoms with Gasteiger partial charge in [-0.05, 0) is 50.6 Å². The van der Waals surface area contributed by atoms with Crippen LogP contribution in [-0.2, 0) is 14.8 Å². The SMILES string of the molecule is Cc1ccc(OCCNC(=O)C(C)N(c2ccc(C)c(Cl)c2)S(C)(=O)=O)cc1. The van der Waals surface area contributed by atoms with E-state index in [0.29, 0.717) is 16.5 Å². The monoisotopic (exact) mass is 424 g/mol. The molecule has 0 radical (unpaired) electrons. The van der Waals surface area contributed by atoms with Crippen LogP contribution in [-0.4, -0.2) is 39.8 Å². The van der Waals surface area contributed by atoms with Crippen molar-refractivity contribution in [3.05, 3.63) is 58.6 Å². The molecule has 0 heterocycles. The van der Waals surface area contributed by atoms with Gasteiger partial charge in [0.05, 0.1) is 18.5 Å². The molecule has 0 fully saturated rings. The fourth-order valence-corrected chi connectivity index (χ4v) is 3.99. The van der Waals surface area contributed by atoms with Crippen LogP contribution >= 0.6 is 11.6 Å². The van der Waals surface area contributed by atoms with E-state index in [2.05, 4.69) is 5.32 Å². The molecule has 2 rings (SSSR count). The first-order valence-corrected chi connectivity index (χ1v) is 11.0. The van der Waals surface area contributed by atoms with E-state index in [-0.39, 0.29) is 13.2 Å². The van der Waals surface area contributed by atoms with Crippen LogP contribution in [0.2, 0.25) is 5.02 Å². The first-order chi connectivity index (χ1) is 13.1. The van der Waals surface area contributed by atoms with Gasteiger partial charge in [-0.25, -0.2) is 8.42 Å². The number of benzene rings is 2. The third-order valence-electron chi connectivity index (χ3n) is 4.19. The number of hydrogen-bond donors (Lipinski definition) is 1. The smallest absolute Gasteiger partial charge is 0.243 e. The Hall–Kier alpha value is -2.25. The molecule has 28 heavy (non-hydrogen) atoms. The lowest BCUT2D eigenvalue weighted by atomic mass is 10.2. The number of rotatable bonds is 8. The first kappa shape index (κ1) is 22.0. The summed E-state index contributed by atoms with van der Waals surface area (Å²) in [6, 6.07) is 11.5. The second kappa shape index (κ2) is 9.30. The van der Waals surface area contributed by atoms with Gasteiger partial charge in [0.1, 0.15) is 18.4 Å². The molecule has 0 aromatic heterocycles. The number of ether oxygens (including phenoxy) is 1. The van der Waals surface area contributed by atoms with Crippen molar-refractivity contribution in [3.63, 3.8) is 0 Å². The Morgan fingerprint density at radius 3 is 2.39 bits per heavy atom. The average Bonchev–Trinajstić information content (AvgIpc) is 2.62. The van der Waals surface area contributed by atoms with E-state index in [1.807, 2.05) is 38.1 Å². The van der Waals surface area contributed by atoms with Crippen LogP contribution in [0, 0.1) is 13.8 Å². The second-order valence-corrected chi connectivity index (χ2v) is 8.89. The molecule has 0 saturated carbocycles. The second-order valence-electron chi connectivity index (χ2n) is 6.62.